The summed E-state index contributed by atoms with van der Waals surface area (Å²) in [6.45, 7) is 2.83. The Morgan fingerprint density at radius 2 is 0.869 bits per heavy atom. The van der Waals surface area contributed by atoms with Gasteiger partial charge < -0.3 is 25.2 Å². The molecule has 0 aromatic rings. The van der Waals surface area contributed by atoms with E-state index in [1.54, 1.807) is 0 Å². The van der Waals surface area contributed by atoms with Crippen molar-refractivity contribution in [1.29, 1.82) is 0 Å². The Bertz CT molecular complexity index is 1130. The molecular weight excluding hydrogens is 794 g/mol. The van der Waals surface area contributed by atoms with Gasteiger partial charge in [0, 0.05) is 12.8 Å². The summed E-state index contributed by atoms with van der Waals surface area (Å²) in [6.07, 6.45) is 48.1. The molecule has 0 aliphatic heterocycles. The zero-order valence-electron chi connectivity index (χ0n) is 39.0. The van der Waals surface area contributed by atoms with Crippen LogP contribution in [-0.2, 0) is 37.5 Å². The van der Waals surface area contributed by atoms with Crippen molar-refractivity contribution in [2.75, 3.05) is 19.8 Å². The largest absolute Gasteiger partial charge is 0.480 e. The van der Waals surface area contributed by atoms with Gasteiger partial charge in [0.15, 0.2) is 6.10 Å². The molecule has 0 saturated heterocycles. The fourth-order valence-electron chi connectivity index (χ4n) is 7.04. The van der Waals surface area contributed by atoms with Crippen molar-refractivity contribution in [3.05, 3.63) is 24.3 Å². The number of rotatable bonds is 47. The minimum atomic E-state index is -4.72. The minimum absolute atomic E-state index is 0.162. The molecule has 0 rings (SSSR count). The van der Waals surface area contributed by atoms with Gasteiger partial charge in [0.05, 0.1) is 13.2 Å². The third-order valence-electron chi connectivity index (χ3n) is 11.0. The Morgan fingerprint density at radius 1 is 0.508 bits per heavy atom. The van der Waals surface area contributed by atoms with Crippen molar-refractivity contribution >= 4 is 25.7 Å². The second kappa shape index (κ2) is 44.6. The number of aliphatic carboxylic acids is 1. The Balaban J connectivity index is 4.22. The van der Waals surface area contributed by atoms with E-state index in [4.69, 9.17) is 24.8 Å². The van der Waals surface area contributed by atoms with Crippen molar-refractivity contribution in [2.45, 2.75) is 251 Å². The van der Waals surface area contributed by atoms with Crippen LogP contribution in [0.3, 0.4) is 0 Å². The first kappa shape index (κ1) is 59.0. The van der Waals surface area contributed by atoms with E-state index in [0.717, 1.165) is 44.9 Å². The molecule has 0 saturated carbocycles. The zero-order valence-corrected chi connectivity index (χ0v) is 39.9. The van der Waals surface area contributed by atoms with Crippen LogP contribution in [0.15, 0.2) is 24.3 Å². The molecule has 11 nitrogen and oxygen atoms in total. The van der Waals surface area contributed by atoms with Crippen molar-refractivity contribution in [1.82, 2.24) is 0 Å². The fraction of sp³-hybridized carbons (Fsp3) is 0.857. The summed E-state index contributed by atoms with van der Waals surface area (Å²) in [6, 6.07) is -1.52. The lowest BCUT2D eigenvalue weighted by Gasteiger charge is -2.20. The van der Waals surface area contributed by atoms with Crippen LogP contribution in [-0.4, -0.2) is 59.9 Å². The summed E-state index contributed by atoms with van der Waals surface area (Å²) in [5, 5.41) is 8.91. The molecule has 0 amide bonds. The maximum Gasteiger partial charge on any atom is 0.472 e. The van der Waals surface area contributed by atoms with E-state index in [1.807, 2.05) is 0 Å². The molecule has 3 unspecified atom stereocenters. The Labute approximate surface area is 372 Å². The first-order valence-corrected chi connectivity index (χ1v) is 26.4. The average Bonchev–Trinajstić information content (AvgIpc) is 3.24. The SMILES string of the molecule is CCCCCCC/C=C\C/C=C\CCCCCCCCCCCCCC(=O)OC(COC(=O)CCCCCCCCCCCCCCCC)COP(=O)(O)OCC(N)C(=O)O. The quantitative estimate of drug-likeness (QED) is 0.0230. The lowest BCUT2D eigenvalue weighted by Crippen LogP contribution is -2.34. The van der Waals surface area contributed by atoms with Gasteiger partial charge in [-0.05, 0) is 44.9 Å². The van der Waals surface area contributed by atoms with Gasteiger partial charge in [-0.2, -0.15) is 0 Å². The predicted molar refractivity (Wildman–Crippen MR) is 249 cm³/mol. The molecule has 0 bridgehead atoms. The van der Waals surface area contributed by atoms with E-state index in [1.165, 1.54) is 154 Å². The van der Waals surface area contributed by atoms with Gasteiger partial charge in [0.25, 0.3) is 0 Å². The van der Waals surface area contributed by atoms with Crippen molar-refractivity contribution < 1.29 is 47.5 Å². The van der Waals surface area contributed by atoms with Crippen LogP contribution in [0.1, 0.15) is 239 Å². The van der Waals surface area contributed by atoms with Gasteiger partial charge in [-0.3, -0.25) is 23.4 Å². The Kier molecular flexibility index (Phi) is 43.1. The first-order chi connectivity index (χ1) is 29.6. The standard InChI is InChI=1S/C49H92NO10P/c1-3-5-7-9-11-13-15-17-19-20-21-22-23-24-25-26-27-29-31-33-35-37-39-41-48(52)60-45(43-58-61(55,56)59-44-46(50)49(53)54)42-57-47(51)40-38-36-34-32-30-28-18-16-14-12-10-8-6-4-2/h15,17,20-21,45-46H,3-14,16,18-19,22-44,50H2,1-2H3,(H,53,54)(H,55,56)/b17-15-,21-20-. The number of carbonyl (C=O) groups is 3. The van der Waals surface area contributed by atoms with E-state index < -0.39 is 51.1 Å². The molecule has 0 aliphatic rings. The third-order valence-corrected chi connectivity index (χ3v) is 11.9. The number of phosphoric acid groups is 1. The van der Waals surface area contributed by atoms with Crippen LogP contribution < -0.4 is 5.73 Å². The molecule has 0 spiro atoms. The number of ether oxygens (including phenoxy) is 2. The zero-order chi connectivity index (χ0) is 44.9. The highest BCUT2D eigenvalue weighted by atomic mass is 31.2. The van der Waals surface area contributed by atoms with E-state index in [9.17, 15) is 23.8 Å². The minimum Gasteiger partial charge on any atom is -0.480 e. The number of hydrogen-bond donors (Lipinski definition) is 3. The van der Waals surface area contributed by atoms with E-state index in [-0.39, 0.29) is 19.4 Å². The summed E-state index contributed by atoms with van der Waals surface area (Å²) >= 11 is 0. The summed E-state index contributed by atoms with van der Waals surface area (Å²) in [4.78, 5) is 46.1. The highest BCUT2D eigenvalue weighted by Gasteiger charge is 2.28. The van der Waals surface area contributed by atoms with Gasteiger partial charge in [-0.15, -0.1) is 0 Å². The maximum absolute atomic E-state index is 12.7. The number of allylic oxidation sites excluding steroid dienone is 4. The summed E-state index contributed by atoms with van der Waals surface area (Å²) in [5.74, 6) is -2.37. The second-order valence-corrected chi connectivity index (χ2v) is 18.4. The third kappa shape index (κ3) is 44.4. The van der Waals surface area contributed by atoms with Gasteiger partial charge >= 0.3 is 25.7 Å². The smallest absolute Gasteiger partial charge is 0.472 e. The number of carboxylic acid groups (broad SMARTS) is 1. The molecule has 0 fully saturated rings. The Hall–Kier alpha value is -2.04. The van der Waals surface area contributed by atoms with Gasteiger partial charge in [-0.1, -0.05) is 205 Å². The van der Waals surface area contributed by atoms with Gasteiger partial charge in [0.2, 0.25) is 0 Å². The maximum atomic E-state index is 12.7. The van der Waals surface area contributed by atoms with Crippen LogP contribution in [0.4, 0.5) is 0 Å². The lowest BCUT2D eigenvalue weighted by molar-refractivity contribution is -0.161. The highest BCUT2D eigenvalue weighted by Crippen LogP contribution is 2.43. The molecular formula is C49H92NO10P. The number of esters is 2. The molecule has 12 heteroatoms. The van der Waals surface area contributed by atoms with Crippen molar-refractivity contribution in [3.8, 4) is 0 Å². The molecule has 4 N–H and O–H groups in total. The monoisotopic (exact) mass is 886 g/mol. The number of nitrogens with two attached hydrogens (primary N) is 1. The van der Waals surface area contributed by atoms with Crippen molar-refractivity contribution in [2.24, 2.45) is 5.73 Å². The highest BCUT2D eigenvalue weighted by molar-refractivity contribution is 7.47. The molecule has 358 valence electrons. The topological polar surface area (TPSA) is 172 Å². The fourth-order valence-corrected chi connectivity index (χ4v) is 7.82. The predicted octanol–water partition coefficient (Wildman–Crippen LogP) is 13.8. The molecule has 0 heterocycles. The summed E-state index contributed by atoms with van der Waals surface area (Å²) < 4.78 is 32.8. The van der Waals surface area contributed by atoms with E-state index in [0.29, 0.717) is 12.8 Å². The molecule has 0 radical (unpaired) electrons. The van der Waals surface area contributed by atoms with Crippen LogP contribution in [0.5, 0.6) is 0 Å². The van der Waals surface area contributed by atoms with Crippen LogP contribution in [0.2, 0.25) is 0 Å². The first-order valence-electron chi connectivity index (χ1n) is 24.9. The number of unbranched alkanes of at least 4 members (excludes halogenated alkanes) is 29. The van der Waals surface area contributed by atoms with E-state index >= 15 is 0 Å². The normalized spacial score (nSPS) is 13.8. The van der Waals surface area contributed by atoms with Crippen LogP contribution >= 0.6 is 7.82 Å². The Morgan fingerprint density at radius 3 is 1.28 bits per heavy atom. The number of carbonyl (C=O) groups excluding carboxylic acids is 2. The molecule has 3 atom stereocenters. The number of carboxylic acids is 1. The van der Waals surface area contributed by atoms with Crippen LogP contribution in [0.25, 0.3) is 0 Å². The number of hydrogen-bond acceptors (Lipinski definition) is 9. The average molecular weight is 886 g/mol. The molecule has 0 aromatic heterocycles. The molecule has 0 aliphatic carbocycles. The summed E-state index contributed by atoms with van der Waals surface area (Å²) in [5.41, 5.74) is 5.35. The van der Waals surface area contributed by atoms with Gasteiger partial charge in [-0.25, -0.2) is 4.57 Å². The summed E-state index contributed by atoms with van der Waals surface area (Å²) in [7, 11) is -4.72. The van der Waals surface area contributed by atoms with Crippen LogP contribution in [0, 0.1) is 0 Å². The lowest BCUT2D eigenvalue weighted by atomic mass is 10.0. The van der Waals surface area contributed by atoms with Gasteiger partial charge in [0.1, 0.15) is 12.6 Å². The second-order valence-electron chi connectivity index (χ2n) is 17.0. The van der Waals surface area contributed by atoms with E-state index in [2.05, 4.69) is 42.7 Å². The molecule has 61 heavy (non-hydrogen) atoms. The molecule has 0 aromatic carbocycles. The van der Waals surface area contributed by atoms with Crippen molar-refractivity contribution in [3.63, 3.8) is 0 Å². The number of phosphoric ester groups is 1.